The summed E-state index contributed by atoms with van der Waals surface area (Å²) in [7, 11) is 0. The summed E-state index contributed by atoms with van der Waals surface area (Å²) >= 11 is 0. The van der Waals surface area contributed by atoms with Crippen LogP contribution in [0.1, 0.15) is 5.56 Å². The first-order valence-corrected chi connectivity index (χ1v) is 5.85. The van der Waals surface area contributed by atoms with Crippen molar-refractivity contribution >= 4 is 5.78 Å². The minimum absolute atomic E-state index is 0.206. The molecule has 0 heterocycles. The van der Waals surface area contributed by atoms with Gasteiger partial charge in [-0.2, -0.15) is 0 Å². The lowest BCUT2D eigenvalue weighted by Crippen LogP contribution is -2.45. The number of ketones is 1. The van der Waals surface area contributed by atoms with Crippen molar-refractivity contribution in [1.29, 1.82) is 0 Å². The summed E-state index contributed by atoms with van der Waals surface area (Å²) in [4.78, 5) is 11.5. The van der Waals surface area contributed by atoms with E-state index in [0.29, 0.717) is 0 Å². The normalized spacial score (nSPS) is 15.8. The van der Waals surface area contributed by atoms with E-state index in [-0.39, 0.29) is 13.2 Å². The lowest BCUT2D eigenvalue weighted by Gasteiger charge is -2.20. The highest BCUT2D eigenvalue weighted by molar-refractivity contribution is 5.84. The van der Waals surface area contributed by atoms with Gasteiger partial charge >= 0.3 is 0 Å². The van der Waals surface area contributed by atoms with Gasteiger partial charge in [0.2, 0.25) is 0 Å². The second-order valence-corrected chi connectivity index (χ2v) is 4.13. The minimum atomic E-state index is -1.78. The molecule has 0 saturated heterocycles. The number of aliphatic hydroxyl groups excluding tert-OH is 4. The molecule has 0 aliphatic carbocycles. The van der Waals surface area contributed by atoms with E-state index in [4.69, 9.17) is 14.9 Å². The quantitative estimate of drug-likeness (QED) is 0.475. The zero-order valence-electron chi connectivity index (χ0n) is 10.3. The number of hydrogen-bond donors (Lipinski definition) is 4. The van der Waals surface area contributed by atoms with E-state index in [1.807, 2.05) is 30.3 Å². The molecule has 1 aromatic carbocycles. The van der Waals surface area contributed by atoms with Gasteiger partial charge in [0.25, 0.3) is 0 Å². The van der Waals surface area contributed by atoms with E-state index in [1.165, 1.54) is 0 Å². The molecule has 0 saturated carbocycles. The zero-order valence-corrected chi connectivity index (χ0v) is 10.3. The second kappa shape index (κ2) is 7.98. The van der Waals surface area contributed by atoms with Crippen LogP contribution in [0.25, 0.3) is 0 Å². The smallest absolute Gasteiger partial charge is 0.189 e. The molecule has 0 radical (unpaired) electrons. The van der Waals surface area contributed by atoms with Gasteiger partial charge in [-0.1, -0.05) is 30.3 Å². The van der Waals surface area contributed by atoms with Gasteiger partial charge in [-0.25, -0.2) is 0 Å². The summed E-state index contributed by atoms with van der Waals surface area (Å²) in [5.41, 5.74) is 0.876. The Labute approximate surface area is 110 Å². The molecule has 0 fully saturated rings. The summed E-state index contributed by atoms with van der Waals surface area (Å²) in [6, 6.07) is 9.16. The molecule has 0 aliphatic rings. The molecule has 0 bridgehead atoms. The fraction of sp³-hybridized carbons (Fsp3) is 0.462. The van der Waals surface area contributed by atoms with E-state index in [9.17, 15) is 15.0 Å². The van der Waals surface area contributed by atoms with Gasteiger partial charge in [0, 0.05) is 0 Å². The molecule has 3 unspecified atom stereocenters. The Hall–Kier alpha value is -1.31. The van der Waals surface area contributed by atoms with Crippen molar-refractivity contribution in [3.05, 3.63) is 35.9 Å². The van der Waals surface area contributed by atoms with Crippen LogP contribution >= 0.6 is 0 Å². The number of benzene rings is 1. The Morgan fingerprint density at radius 3 is 2.37 bits per heavy atom. The average Bonchev–Trinajstić information content (AvgIpc) is 2.45. The van der Waals surface area contributed by atoms with E-state index in [2.05, 4.69) is 0 Å². The maximum Gasteiger partial charge on any atom is 0.189 e. The van der Waals surface area contributed by atoms with E-state index in [0.717, 1.165) is 5.56 Å². The van der Waals surface area contributed by atoms with Crippen LogP contribution in [-0.2, 0) is 16.1 Å². The highest BCUT2D eigenvalue weighted by Crippen LogP contribution is 2.04. The number of carbonyl (C=O) groups excluding carboxylic acids is 1. The van der Waals surface area contributed by atoms with Gasteiger partial charge in [-0.3, -0.25) is 4.79 Å². The van der Waals surface area contributed by atoms with Crippen molar-refractivity contribution in [3.8, 4) is 0 Å². The maximum atomic E-state index is 11.5. The highest BCUT2D eigenvalue weighted by Gasteiger charge is 2.29. The number of aliphatic hydroxyl groups is 4. The number of hydrogen-bond acceptors (Lipinski definition) is 6. The Morgan fingerprint density at radius 1 is 1.16 bits per heavy atom. The third-order valence-electron chi connectivity index (χ3n) is 2.59. The van der Waals surface area contributed by atoms with Gasteiger partial charge in [-0.15, -0.1) is 0 Å². The number of carbonyl (C=O) groups is 1. The maximum absolute atomic E-state index is 11.5. The zero-order chi connectivity index (χ0) is 14.3. The van der Waals surface area contributed by atoms with Crippen LogP contribution in [0.5, 0.6) is 0 Å². The molecule has 0 spiro atoms. The second-order valence-electron chi connectivity index (χ2n) is 4.13. The predicted octanol–water partition coefficient (Wildman–Crippen LogP) is -1.15. The average molecular weight is 270 g/mol. The standard InChI is InChI=1S/C13H18O6/c14-6-10(15)12(17)13(18)11(16)8-19-7-9-4-2-1-3-5-9/h1-5,10,12-15,17-18H,6-8H2. The SMILES string of the molecule is O=C(COCc1ccccc1)C(O)C(O)C(O)CO. The largest absolute Gasteiger partial charge is 0.394 e. The van der Waals surface area contributed by atoms with Gasteiger partial charge in [0.05, 0.1) is 13.2 Å². The van der Waals surface area contributed by atoms with Gasteiger partial charge in [0.1, 0.15) is 24.9 Å². The van der Waals surface area contributed by atoms with Crippen molar-refractivity contribution in [1.82, 2.24) is 0 Å². The van der Waals surface area contributed by atoms with Crippen LogP contribution < -0.4 is 0 Å². The number of Topliss-reactive ketones (excluding diaryl/α,β-unsaturated/α-hetero) is 1. The third-order valence-corrected chi connectivity index (χ3v) is 2.59. The van der Waals surface area contributed by atoms with E-state index in [1.54, 1.807) is 0 Å². The van der Waals surface area contributed by atoms with E-state index >= 15 is 0 Å². The third kappa shape index (κ3) is 5.06. The molecule has 106 valence electrons. The molecular formula is C13H18O6. The number of ether oxygens (including phenoxy) is 1. The summed E-state index contributed by atoms with van der Waals surface area (Å²) in [6.07, 6.45) is -5.07. The lowest BCUT2D eigenvalue weighted by molar-refractivity contribution is -0.145. The molecule has 0 aliphatic heterocycles. The Kier molecular flexibility index (Phi) is 6.61. The van der Waals surface area contributed by atoms with Crippen LogP contribution in [0.3, 0.4) is 0 Å². The van der Waals surface area contributed by atoms with Crippen LogP contribution in [0.4, 0.5) is 0 Å². The van der Waals surface area contributed by atoms with Gasteiger partial charge < -0.3 is 25.2 Å². The Bertz CT molecular complexity index is 380. The summed E-state index contributed by atoms with van der Waals surface area (Å²) in [6.45, 7) is -0.917. The van der Waals surface area contributed by atoms with Crippen LogP contribution in [0, 0.1) is 0 Å². The fourth-order valence-electron chi connectivity index (χ4n) is 1.44. The molecule has 0 aromatic heterocycles. The molecule has 6 nitrogen and oxygen atoms in total. The molecule has 3 atom stereocenters. The highest BCUT2D eigenvalue weighted by atomic mass is 16.5. The van der Waals surface area contributed by atoms with Crippen molar-refractivity contribution in [2.45, 2.75) is 24.9 Å². The first-order chi connectivity index (χ1) is 9.06. The Balaban J connectivity index is 2.35. The molecule has 6 heteroatoms. The first-order valence-electron chi connectivity index (χ1n) is 5.85. The van der Waals surface area contributed by atoms with Crippen molar-refractivity contribution in [2.24, 2.45) is 0 Å². The van der Waals surface area contributed by atoms with Crippen molar-refractivity contribution in [2.75, 3.05) is 13.2 Å². The molecule has 1 aromatic rings. The van der Waals surface area contributed by atoms with Crippen LogP contribution in [0.2, 0.25) is 0 Å². The monoisotopic (exact) mass is 270 g/mol. The van der Waals surface area contributed by atoms with Crippen molar-refractivity contribution in [3.63, 3.8) is 0 Å². The fourth-order valence-corrected chi connectivity index (χ4v) is 1.44. The molecule has 19 heavy (non-hydrogen) atoms. The van der Waals surface area contributed by atoms with Crippen LogP contribution in [-0.4, -0.2) is 57.7 Å². The summed E-state index contributed by atoms with van der Waals surface area (Å²) in [5.74, 6) is -0.754. The molecule has 4 N–H and O–H groups in total. The van der Waals surface area contributed by atoms with Crippen molar-refractivity contribution < 1.29 is 30.0 Å². The lowest BCUT2D eigenvalue weighted by atomic mass is 10.1. The summed E-state index contributed by atoms with van der Waals surface area (Å²) < 4.78 is 5.10. The minimum Gasteiger partial charge on any atom is -0.394 e. The van der Waals surface area contributed by atoms with Crippen LogP contribution in [0.15, 0.2) is 30.3 Å². The molecule has 0 amide bonds. The first kappa shape index (κ1) is 15.7. The topological polar surface area (TPSA) is 107 Å². The van der Waals surface area contributed by atoms with Gasteiger partial charge in [-0.05, 0) is 5.56 Å². The summed E-state index contributed by atoms with van der Waals surface area (Å²) in [5, 5.41) is 36.5. The molecular weight excluding hydrogens is 252 g/mol. The predicted molar refractivity (Wildman–Crippen MR) is 66.2 cm³/mol. The number of rotatable bonds is 8. The Morgan fingerprint density at radius 2 is 1.79 bits per heavy atom. The molecule has 1 rings (SSSR count). The van der Waals surface area contributed by atoms with Gasteiger partial charge in [0.15, 0.2) is 5.78 Å². The van der Waals surface area contributed by atoms with E-state index < -0.39 is 30.7 Å².